The second-order valence-electron chi connectivity index (χ2n) is 6.81. The SMILES string of the molecule is CC(C)c1[nH]c(=O)c(-c2ccc(F)nc2)cc1Nc1ccnc2c1C=CC2. The molecule has 0 atom stereocenters. The second kappa shape index (κ2) is 6.79. The lowest BCUT2D eigenvalue weighted by Gasteiger charge is -2.17. The highest BCUT2D eigenvalue weighted by molar-refractivity contribution is 5.78. The normalized spacial score (nSPS) is 12.4. The van der Waals surface area contributed by atoms with Crippen LogP contribution in [-0.4, -0.2) is 15.0 Å². The van der Waals surface area contributed by atoms with Gasteiger partial charge in [-0.3, -0.25) is 9.78 Å². The average molecular weight is 362 g/mol. The standard InChI is InChI=1S/C21H19FN4O/c1-12(2)20-18(25-17-8-9-23-16-5-3-4-14(16)17)10-15(21(27)26-20)13-6-7-19(22)24-11-13/h3-4,6-12H,5H2,1-2H3,(H,23,25)(H,26,27). The number of halogens is 1. The van der Waals surface area contributed by atoms with E-state index in [-0.39, 0.29) is 11.5 Å². The molecule has 4 rings (SSSR count). The summed E-state index contributed by atoms with van der Waals surface area (Å²) in [6, 6.07) is 6.52. The number of fused-ring (bicyclic) bond motifs is 1. The molecular weight excluding hydrogens is 343 g/mol. The predicted molar refractivity (Wildman–Crippen MR) is 105 cm³/mol. The molecule has 27 heavy (non-hydrogen) atoms. The van der Waals surface area contributed by atoms with E-state index in [1.807, 2.05) is 19.9 Å². The van der Waals surface area contributed by atoms with Gasteiger partial charge >= 0.3 is 0 Å². The van der Waals surface area contributed by atoms with Crippen LogP contribution in [0, 0.1) is 5.95 Å². The fourth-order valence-electron chi connectivity index (χ4n) is 3.26. The fraction of sp³-hybridized carbons (Fsp3) is 0.190. The summed E-state index contributed by atoms with van der Waals surface area (Å²) >= 11 is 0. The minimum Gasteiger partial charge on any atom is -0.353 e. The molecule has 0 amide bonds. The molecule has 0 aliphatic heterocycles. The van der Waals surface area contributed by atoms with Crippen molar-refractivity contribution in [2.24, 2.45) is 0 Å². The lowest BCUT2D eigenvalue weighted by molar-refractivity contribution is 0.584. The van der Waals surface area contributed by atoms with Crippen LogP contribution in [0.4, 0.5) is 15.8 Å². The molecule has 0 unspecified atom stereocenters. The van der Waals surface area contributed by atoms with Crippen LogP contribution in [0.3, 0.4) is 0 Å². The van der Waals surface area contributed by atoms with E-state index in [9.17, 15) is 9.18 Å². The first kappa shape index (κ1) is 17.1. The van der Waals surface area contributed by atoms with Crippen molar-refractivity contribution in [1.29, 1.82) is 0 Å². The molecule has 0 saturated heterocycles. The van der Waals surface area contributed by atoms with Gasteiger partial charge in [0.2, 0.25) is 5.95 Å². The van der Waals surface area contributed by atoms with Crippen LogP contribution in [0.25, 0.3) is 17.2 Å². The molecule has 3 heterocycles. The Kier molecular flexibility index (Phi) is 4.32. The first-order chi connectivity index (χ1) is 13.0. The summed E-state index contributed by atoms with van der Waals surface area (Å²) in [4.78, 5) is 23.6. The van der Waals surface area contributed by atoms with Gasteiger partial charge in [0, 0.05) is 41.3 Å². The van der Waals surface area contributed by atoms with Crippen LogP contribution in [0.1, 0.15) is 36.7 Å². The van der Waals surface area contributed by atoms with Crippen molar-refractivity contribution in [3.63, 3.8) is 0 Å². The molecule has 3 aromatic heterocycles. The second-order valence-corrected chi connectivity index (χ2v) is 6.81. The summed E-state index contributed by atoms with van der Waals surface area (Å²) in [5.74, 6) is -0.461. The fourth-order valence-corrected chi connectivity index (χ4v) is 3.26. The molecule has 136 valence electrons. The topological polar surface area (TPSA) is 70.7 Å². The van der Waals surface area contributed by atoms with Crippen LogP contribution < -0.4 is 10.9 Å². The Bertz CT molecular complexity index is 1080. The van der Waals surface area contributed by atoms with Crippen molar-refractivity contribution in [2.45, 2.75) is 26.2 Å². The lowest BCUT2D eigenvalue weighted by atomic mass is 10.0. The Morgan fingerprint density at radius 2 is 2.04 bits per heavy atom. The molecule has 0 radical (unpaired) electrons. The summed E-state index contributed by atoms with van der Waals surface area (Å²) in [6.07, 6.45) is 8.09. The predicted octanol–water partition coefficient (Wildman–Crippen LogP) is 4.41. The molecule has 3 aromatic rings. The number of anilines is 2. The Morgan fingerprint density at radius 3 is 2.78 bits per heavy atom. The van der Waals surface area contributed by atoms with Gasteiger partial charge in [0.1, 0.15) is 0 Å². The zero-order valence-corrected chi connectivity index (χ0v) is 15.1. The lowest BCUT2D eigenvalue weighted by Crippen LogP contribution is -2.15. The Morgan fingerprint density at radius 1 is 1.19 bits per heavy atom. The van der Waals surface area contributed by atoms with Crippen molar-refractivity contribution in [2.75, 3.05) is 5.32 Å². The van der Waals surface area contributed by atoms with E-state index in [0.717, 1.165) is 34.7 Å². The van der Waals surface area contributed by atoms with Crippen molar-refractivity contribution >= 4 is 17.5 Å². The molecule has 0 saturated carbocycles. The van der Waals surface area contributed by atoms with Gasteiger partial charge < -0.3 is 10.3 Å². The van der Waals surface area contributed by atoms with Gasteiger partial charge in [-0.05, 0) is 30.2 Å². The molecule has 0 spiro atoms. The van der Waals surface area contributed by atoms with Gasteiger partial charge in [-0.2, -0.15) is 4.39 Å². The maximum absolute atomic E-state index is 13.1. The smallest absolute Gasteiger partial charge is 0.256 e. The van der Waals surface area contributed by atoms with Crippen LogP contribution >= 0.6 is 0 Å². The Balaban J connectivity index is 1.82. The molecule has 1 aliphatic carbocycles. The quantitative estimate of drug-likeness (QED) is 0.675. The Labute approximate surface area is 156 Å². The number of H-pyrrole nitrogens is 1. The van der Waals surface area contributed by atoms with E-state index in [1.54, 1.807) is 18.3 Å². The van der Waals surface area contributed by atoms with Crippen molar-refractivity contribution in [1.82, 2.24) is 15.0 Å². The van der Waals surface area contributed by atoms with E-state index in [1.165, 1.54) is 12.3 Å². The van der Waals surface area contributed by atoms with Gasteiger partial charge in [-0.25, -0.2) is 4.98 Å². The van der Waals surface area contributed by atoms with Gasteiger partial charge in [0.25, 0.3) is 5.56 Å². The van der Waals surface area contributed by atoms with E-state index in [2.05, 4.69) is 32.4 Å². The zero-order chi connectivity index (χ0) is 19.0. The van der Waals surface area contributed by atoms with Crippen LogP contribution in [0.15, 0.2) is 47.5 Å². The number of rotatable bonds is 4. The van der Waals surface area contributed by atoms with Crippen LogP contribution in [-0.2, 0) is 6.42 Å². The highest BCUT2D eigenvalue weighted by Gasteiger charge is 2.16. The molecule has 0 aromatic carbocycles. The van der Waals surface area contributed by atoms with Gasteiger partial charge in [0.15, 0.2) is 0 Å². The first-order valence-corrected chi connectivity index (χ1v) is 8.83. The minimum absolute atomic E-state index is 0.117. The number of nitrogens with zero attached hydrogens (tertiary/aromatic N) is 2. The van der Waals surface area contributed by atoms with E-state index in [4.69, 9.17) is 0 Å². The highest BCUT2D eigenvalue weighted by Crippen LogP contribution is 2.32. The molecular formula is C21H19FN4O. The number of nitrogens with one attached hydrogen (secondary N) is 2. The summed E-state index contributed by atoms with van der Waals surface area (Å²) in [5, 5.41) is 3.45. The van der Waals surface area contributed by atoms with E-state index < -0.39 is 5.95 Å². The zero-order valence-electron chi connectivity index (χ0n) is 15.1. The third-order valence-electron chi connectivity index (χ3n) is 4.63. The maximum atomic E-state index is 13.1. The Hall–Kier alpha value is -3.28. The molecule has 1 aliphatic rings. The minimum atomic E-state index is -0.577. The number of hydrogen-bond donors (Lipinski definition) is 2. The summed E-state index contributed by atoms with van der Waals surface area (Å²) in [7, 11) is 0. The van der Waals surface area contributed by atoms with E-state index in [0.29, 0.717) is 11.1 Å². The molecule has 6 heteroatoms. The largest absolute Gasteiger partial charge is 0.353 e. The first-order valence-electron chi connectivity index (χ1n) is 8.83. The highest BCUT2D eigenvalue weighted by atomic mass is 19.1. The van der Waals surface area contributed by atoms with E-state index >= 15 is 0 Å². The average Bonchev–Trinajstić information content (AvgIpc) is 3.13. The molecule has 0 bridgehead atoms. The summed E-state index contributed by atoms with van der Waals surface area (Å²) in [5.41, 5.74) is 5.42. The van der Waals surface area contributed by atoms with Crippen LogP contribution in [0.2, 0.25) is 0 Å². The molecule has 2 N–H and O–H groups in total. The maximum Gasteiger partial charge on any atom is 0.256 e. The monoisotopic (exact) mass is 362 g/mol. The molecule has 0 fully saturated rings. The number of hydrogen-bond acceptors (Lipinski definition) is 4. The van der Waals surface area contributed by atoms with Gasteiger partial charge in [-0.15, -0.1) is 0 Å². The number of aromatic amines is 1. The van der Waals surface area contributed by atoms with Gasteiger partial charge in [0.05, 0.1) is 16.9 Å². The third-order valence-corrected chi connectivity index (χ3v) is 4.63. The number of pyridine rings is 3. The van der Waals surface area contributed by atoms with Crippen LogP contribution in [0.5, 0.6) is 0 Å². The summed E-state index contributed by atoms with van der Waals surface area (Å²) < 4.78 is 13.1. The number of allylic oxidation sites excluding steroid dienone is 1. The van der Waals surface area contributed by atoms with Crippen molar-refractivity contribution in [3.05, 3.63) is 76.0 Å². The molecule has 5 nitrogen and oxygen atoms in total. The summed E-state index contributed by atoms with van der Waals surface area (Å²) in [6.45, 7) is 4.04. The number of aromatic nitrogens is 3. The third kappa shape index (κ3) is 3.26. The van der Waals surface area contributed by atoms with Gasteiger partial charge in [-0.1, -0.05) is 26.0 Å². The van der Waals surface area contributed by atoms with Crippen molar-refractivity contribution < 1.29 is 4.39 Å². The van der Waals surface area contributed by atoms with Crippen molar-refractivity contribution in [3.8, 4) is 11.1 Å².